The molecule has 8 nitrogen and oxygen atoms in total. The summed E-state index contributed by atoms with van der Waals surface area (Å²) in [6, 6.07) is 75.5. The molecular formula is C68H44N4O4. The van der Waals surface area contributed by atoms with Crippen LogP contribution in [0.1, 0.15) is 22.8 Å². The maximum Gasteiger partial charge on any atom is 0.130 e. The number of rotatable bonds is 0. The second-order valence-corrected chi connectivity index (χ2v) is 19.4. The summed E-state index contributed by atoms with van der Waals surface area (Å²) < 4.78 is 27.8. The average Bonchev–Trinajstić information content (AvgIpc) is 3.49. The minimum Gasteiger partial charge on any atom is -0.487 e. The molecule has 5 heterocycles. The molecule has 0 N–H and O–H groups in total. The van der Waals surface area contributed by atoms with E-state index in [2.05, 4.69) is 194 Å². The maximum absolute atomic E-state index is 6.95. The molecule has 0 amide bonds. The number of hydrogen-bond acceptors (Lipinski definition) is 8. The fourth-order valence-corrected chi connectivity index (χ4v) is 11.1. The van der Waals surface area contributed by atoms with Crippen molar-refractivity contribution in [3.05, 3.63) is 241 Å². The molecule has 8 heteroatoms. The molecule has 14 aromatic rings. The Morgan fingerprint density at radius 3 is 0.671 bits per heavy atom. The molecule has 0 atom stereocenters. The van der Waals surface area contributed by atoms with Crippen molar-refractivity contribution in [1.82, 2.24) is 19.9 Å². The highest BCUT2D eigenvalue weighted by Gasteiger charge is 2.23. The van der Waals surface area contributed by atoms with Gasteiger partial charge in [-0.3, -0.25) is 0 Å². The predicted molar refractivity (Wildman–Crippen MR) is 305 cm³/mol. The molecule has 0 unspecified atom stereocenters. The van der Waals surface area contributed by atoms with E-state index in [0.717, 1.165) is 155 Å². The molecule has 4 aromatic heterocycles. The molecule has 0 spiro atoms. The molecule has 15 rings (SSSR count). The van der Waals surface area contributed by atoms with E-state index in [0.29, 0.717) is 0 Å². The molecule has 76 heavy (non-hydrogen) atoms. The Hall–Kier alpha value is -9.92. The van der Waals surface area contributed by atoms with Gasteiger partial charge in [0.05, 0.1) is 44.8 Å². The zero-order valence-corrected chi connectivity index (χ0v) is 41.0. The lowest BCUT2D eigenvalue weighted by Crippen LogP contribution is -2.04. The Morgan fingerprint density at radius 2 is 0.421 bits per heavy atom. The summed E-state index contributed by atoms with van der Waals surface area (Å²) in [6.07, 6.45) is 0. The van der Waals surface area contributed by atoms with Crippen molar-refractivity contribution in [2.75, 3.05) is 0 Å². The van der Waals surface area contributed by atoms with Crippen LogP contribution in [0.4, 0.5) is 0 Å². The molecule has 8 bridgehead atoms. The van der Waals surface area contributed by atoms with Crippen molar-refractivity contribution in [3.63, 3.8) is 0 Å². The Labute approximate surface area is 436 Å². The summed E-state index contributed by atoms with van der Waals surface area (Å²) >= 11 is 0. The first-order valence-corrected chi connectivity index (χ1v) is 25.6. The van der Waals surface area contributed by atoms with Gasteiger partial charge in [0.25, 0.3) is 0 Å². The van der Waals surface area contributed by atoms with Gasteiger partial charge in [-0.1, -0.05) is 170 Å². The van der Waals surface area contributed by atoms with E-state index in [1.807, 2.05) is 24.3 Å². The quantitative estimate of drug-likeness (QED) is 0.139. The Kier molecular flexibility index (Phi) is 10.3. The van der Waals surface area contributed by atoms with Crippen molar-refractivity contribution < 1.29 is 18.9 Å². The van der Waals surface area contributed by atoms with Gasteiger partial charge in [0.1, 0.15) is 49.4 Å². The van der Waals surface area contributed by atoms with E-state index in [1.54, 1.807) is 0 Å². The topological polar surface area (TPSA) is 88.5 Å². The highest BCUT2D eigenvalue weighted by molar-refractivity contribution is 6.12. The number of nitrogens with zero attached hydrogens (tertiary/aromatic N) is 4. The third-order valence-electron chi connectivity index (χ3n) is 14.8. The summed E-state index contributed by atoms with van der Waals surface area (Å²) in [5.74, 6) is 2.87. The van der Waals surface area contributed by atoms with Crippen LogP contribution in [-0.2, 0) is 26.4 Å². The fraction of sp³-hybridized carbons (Fsp3) is 0.0588. The average molecular weight is 981 g/mol. The number of ether oxygens (including phenoxy) is 4. The molecule has 0 saturated heterocycles. The minimum atomic E-state index is 0.219. The van der Waals surface area contributed by atoms with Crippen LogP contribution in [0.15, 0.2) is 218 Å². The van der Waals surface area contributed by atoms with Crippen LogP contribution in [0.5, 0.6) is 23.0 Å². The van der Waals surface area contributed by atoms with E-state index >= 15 is 0 Å². The standard InChI is InChI=1S/C68H44N4O4/c1-5-13-53-41(9-1)25-33-57-61(53)62-54-14-6-2-10-42(54)26-34-58(62)74-38-50-30-22-46-19-20-48-24-32-52(72-68(48)67(46)70-50)40-76-60-36-28-44-12-4-8-16-56(44)64(60)63-55-15-7-3-11-43(55)27-35-59(63)75-39-51-31-23-47-18-17-45-21-29-49(37-73-57)69-65(45)66(47)71-51/h1-36H,37-40H2. The Morgan fingerprint density at radius 1 is 0.211 bits per heavy atom. The van der Waals surface area contributed by atoms with Gasteiger partial charge >= 0.3 is 0 Å². The van der Waals surface area contributed by atoms with Crippen molar-refractivity contribution in [2.45, 2.75) is 26.4 Å². The van der Waals surface area contributed by atoms with Gasteiger partial charge < -0.3 is 18.9 Å². The van der Waals surface area contributed by atoms with Gasteiger partial charge in [0.15, 0.2) is 0 Å². The SMILES string of the molecule is c1ccc2c3c(ccc2c1)OCc1ccc2ccc4ccc(nc4c2n1)COc1ccc2ccccc2c1-c1c(ccc2ccccc12)OCc1ccc2ccc4ccc(nc4c2n1)COc1ccc2ccccc2c1-3. The molecule has 0 saturated carbocycles. The van der Waals surface area contributed by atoms with E-state index in [9.17, 15) is 0 Å². The number of pyridine rings is 4. The third-order valence-corrected chi connectivity index (χ3v) is 14.8. The summed E-state index contributed by atoms with van der Waals surface area (Å²) in [6.45, 7) is 0.876. The van der Waals surface area contributed by atoms with Gasteiger partial charge in [-0.05, 0) is 91.6 Å². The second kappa shape index (κ2) is 17.9. The van der Waals surface area contributed by atoms with Crippen LogP contribution in [0.25, 0.3) is 109 Å². The smallest absolute Gasteiger partial charge is 0.130 e. The van der Waals surface area contributed by atoms with Gasteiger partial charge in [0.2, 0.25) is 0 Å². The van der Waals surface area contributed by atoms with E-state index in [1.165, 1.54) is 0 Å². The number of aromatic nitrogens is 4. The molecule has 0 fully saturated rings. The number of fused-ring (bicyclic) bond motifs is 18. The fourth-order valence-electron chi connectivity index (χ4n) is 11.1. The monoisotopic (exact) mass is 980 g/mol. The zero-order valence-electron chi connectivity index (χ0n) is 41.0. The highest BCUT2D eigenvalue weighted by Crippen LogP contribution is 2.48. The molecule has 1 aliphatic heterocycles. The molecule has 0 aliphatic carbocycles. The minimum absolute atomic E-state index is 0.219. The van der Waals surface area contributed by atoms with Gasteiger partial charge in [0, 0.05) is 43.8 Å². The first-order chi connectivity index (χ1) is 37.6. The highest BCUT2D eigenvalue weighted by atomic mass is 16.5. The third kappa shape index (κ3) is 7.52. The van der Waals surface area contributed by atoms with Crippen LogP contribution in [0, 0.1) is 0 Å². The molecular weight excluding hydrogens is 937 g/mol. The predicted octanol–water partition coefficient (Wildman–Crippen LogP) is 16.5. The zero-order chi connectivity index (χ0) is 50.1. The molecule has 360 valence electrons. The lowest BCUT2D eigenvalue weighted by molar-refractivity contribution is 0.299. The van der Waals surface area contributed by atoms with Crippen molar-refractivity contribution in [1.29, 1.82) is 0 Å². The first-order valence-electron chi connectivity index (χ1n) is 25.6. The van der Waals surface area contributed by atoms with Crippen LogP contribution in [0.3, 0.4) is 0 Å². The van der Waals surface area contributed by atoms with E-state index in [-0.39, 0.29) is 26.4 Å². The van der Waals surface area contributed by atoms with Gasteiger partial charge in [-0.2, -0.15) is 0 Å². The van der Waals surface area contributed by atoms with Gasteiger partial charge in [-0.15, -0.1) is 0 Å². The first kappa shape index (κ1) is 43.6. The molecule has 10 aromatic carbocycles. The Balaban J connectivity index is 0.922. The Bertz CT molecular complexity index is 4100. The van der Waals surface area contributed by atoms with Crippen LogP contribution in [0.2, 0.25) is 0 Å². The summed E-state index contributed by atoms with van der Waals surface area (Å²) in [4.78, 5) is 21.1. The van der Waals surface area contributed by atoms with Crippen molar-refractivity contribution in [3.8, 4) is 45.3 Å². The van der Waals surface area contributed by atoms with Crippen molar-refractivity contribution >= 4 is 86.7 Å². The summed E-state index contributed by atoms with van der Waals surface area (Å²) in [5.41, 5.74) is 10.0. The van der Waals surface area contributed by atoms with Crippen molar-refractivity contribution in [2.24, 2.45) is 0 Å². The molecule has 1 aliphatic rings. The number of benzene rings is 10. The summed E-state index contributed by atoms with van der Waals surface area (Å²) in [5, 5.41) is 12.5. The maximum atomic E-state index is 6.95. The lowest BCUT2D eigenvalue weighted by atomic mass is 9.92. The van der Waals surface area contributed by atoms with Crippen LogP contribution >= 0.6 is 0 Å². The second-order valence-electron chi connectivity index (χ2n) is 19.4. The van der Waals surface area contributed by atoms with Gasteiger partial charge in [-0.25, -0.2) is 19.9 Å². The van der Waals surface area contributed by atoms with E-state index in [4.69, 9.17) is 38.9 Å². The van der Waals surface area contributed by atoms with Crippen LogP contribution < -0.4 is 18.9 Å². The normalized spacial score (nSPS) is 12.9. The largest absolute Gasteiger partial charge is 0.487 e. The van der Waals surface area contributed by atoms with E-state index < -0.39 is 0 Å². The lowest BCUT2D eigenvalue weighted by Gasteiger charge is -2.20. The van der Waals surface area contributed by atoms with Crippen LogP contribution in [-0.4, -0.2) is 19.9 Å². The molecule has 0 radical (unpaired) electrons. The summed E-state index contributed by atoms with van der Waals surface area (Å²) in [7, 11) is 0. The number of hydrogen-bond donors (Lipinski definition) is 0.